The minimum absolute atomic E-state index is 0.00373. The molecule has 0 bridgehead atoms. The lowest BCUT2D eigenvalue weighted by Gasteiger charge is -2.40. The van der Waals surface area contributed by atoms with Crippen molar-refractivity contribution in [1.29, 1.82) is 0 Å². The molecule has 158 valence electrons. The molecule has 4 rings (SSSR count). The molecule has 3 heterocycles. The molecule has 2 fully saturated rings. The minimum Gasteiger partial charge on any atom is -0.362 e. The zero-order valence-electron chi connectivity index (χ0n) is 17.2. The first-order chi connectivity index (χ1) is 14.7. The van der Waals surface area contributed by atoms with Gasteiger partial charge in [-0.1, -0.05) is 6.08 Å². The minimum atomic E-state index is -0.0834. The summed E-state index contributed by atoms with van der Waals surface area (Å²) in [4.78, 5) is 36.4. The second kappa shape index (κ2) is 9.26. The number of H-pyrrole nitrogens is 1. The predicted octanol–water partition coefficient (Wildman–Crippen LogP) is 2.16. The Bertz CT molecular complexity index is 952. The van der Waals surface area contributed by atoms with Crippen LogP contribution in [0.4, 0.5) is 5.69 Å². The lowest BCUT2D eigenvalue weighted by atomic mass is 10.0. The Balaban J connectivity index is 1.62. The van der Waals surface area contributed by atoms with Crippen LogP contribution in [0.3, 0.4) is 0 Å². The van der Waals surface area contributed by atoms with Crippen LogP contribution < -0.4 is 16.2 Å². The van der Waals surface area contributed by atoms with Crippen molar-refractivity contribution in [2.24, 2.45) is 11.7 Å². The van der Waals surface area contributed by atoms with Gasteiger partial charge >= 0.3 is 0 Å². The van der Waals surface area contributed by atoms with Crippen LogP contribution >= 0.6 is 0 Å². The van der Waals surface area contributed by atoms with Crippen molar-refractivity contribution in [2.45, 2.75) is 31.7 Å². The van der Waals surface area contributed by atoms with Crippen LogP contribution in [-0.2, 0) is 4.79 Å². The van der Waals surface area contributed by atoms with E-state index >= 15 is 0 Å². The SMILES string of the molecule is NC/C=C/C(=O)N1CCC[C@@H](N(CC2CC2)c2cc(-c3ccncc3)c[nH]c2=O)C1. The fraction of sp³-hybridized carbons (Fsp3) is 0.435. The number of rotatable bonds is 7. The van der Waals surface area contributed by atoms with E-state index in [0.29, 0.717) is 24.7 Å². The molecule has 1 aliphatic heterocycles. The first-order valence-corrected chi connectivity index (χ1v) is 10.7. The van der Waals surface area contributed by atoms with Gasteiger partial charge in [-0.15, -0.1) is 0 Å². The average Bonchev–Trinajstić information content (AvgIpc) is 3.61. The van der Waals surface area contributed by atoms with E-state index < -0.39 is 0 Å². The van der Waals surface area contributed by atoms with E-state index in [1.54, 1.807) is 30.7 Å². The van der Waals surface area contributed by atoms with Gasteiger partial charge in [0, 0.05) is 62.5 Å². The number of aromatic amines is 1. The Labute approximate surface area is 176 Å². The molecule has 0 spiro atoms. The summed E-state index contributed by atoms with van der Waals surface area (Å²) in [7, 11) is 0. The summed E-state index contributed by atoms with van der Waals surface area (Å²) in [6.07, 6.45) is 12.8. The number of hydrogen-bond acceptors (Lipinski definition) is 5. The van der Waals surface area contributed by atoms with Gasteiger partial charge in [0.25, 0.3) is 5.56 Å². The monoisotopic (exact) mass is 407 g/mol. The van der Waals surface area contributed by atoms with Gasteiger partial charge in [-0.25, -0.2) is 0 Å². The van der Waals surface area contributed by atoms with Crippen LogP contribution in [0.25, 0.3) is 11.1 Å². The number of likely N-dealkylation sites (tertiary alicyclic amines) is 1. The second-order valence-corrected chi connectivity index (χ2v) is 8.15. The van der Waals surface area contributed by atoms with Crippen molar-refractivity contribution in [3.8, 4) is 11.1 Å². The summed E-state index contributed by atoms with van der Waals surface area (Å²) in [5.74, 6) is 0.619. The Morgan fingerprint density at radius 2 is 2.07 bits per heavy atom. The van der Waals surface area contributed by atoms with E-state index in [9.17, 15) is 9.59 Å². The normalized spacial score (nSPS) is 19.2. The molecule has 1 saturated carbocycles. The molecule has 2 aromatic rings. The smallest absolute Gasteiger partial charge is 0.271 e. The number of hydrogen-bond donors (Lipinski definition) is 2. The van der Waals surface area contributed by atoms with E-state index in [2.05, 4.69) is 14.9 Å². The van der Waals surface area contributed by atoms with E-state index in [1.165, 1.54) is 12.8 Å². The lowest BCUT2D eigenvalue weighted by molar-refractivity contribution is -0.127. The quantitative estimate of drug-likeness (QED) is 0.686. The molecule has 1 aliphatic carbocycles. The molecule has 1 atom stereocenters. The van der Waals surface area contributed by atoms with Crippen molar-refractivity contribution < 1.29 is 4.79 Å². The molecule has 0 unspecified atom stereocenters. The number of carbonyl (C=O) groups is 1. The zero-order valence-corrected chi connectivity index (χ0v) is 17.2. The van der Waals surface area contributed by atoms with Gasteiger partial charge in [-0.2, -0.15) is 0 Å². The molecule has 7 heteroatoms. The van der Waals surface area contributed by atoms with Gasteiger partial charge in [0.2, 0.25) is 5.91 Å². The van der Waals surface area contributed by atoms with Crippen molar-refractivity contribution in [3.63, 3.8) is 0 Å². The maximum atomic E-state index is 12.8. The van der Waals surface area contributed by atoms with Crippen LogP contribution in [-0.4, -0.2) is 53.0 Å². The second-order valence-electron chi connectivity index (χ2n) is 8.15. The van der Waals surface area contributed by atoms with E-state index in [0.717, 1.165) is 37.1 Å². The number of nitrogens with two attached hydrogens (primary N) is 1. The highest BCUT2D eigenvalue weighted by Crippen LogP contribution is 2.33. The molecule has 0 aromatic carbocycles. The van der Waals surface area contributed by atoms with Crippen LogP contribution in [0.1, 0.15) is 25.7 Å². The third-order valence-electron chi connectivity index (χ3n) is 5.90. The maximum Gasteiger partial charge on any atom is 0.271 e. The molecule has 0 radical (unpaired) electrons. The van der Waals surface area contributed by atoms with Crippen LogP contribution in [0.5, 0.6) is 0 Å². The Hall–Kier alpha value is -2.93. The molecule has 7 nitrogen and oxygen atoms in total. The third kappa shape index (κ3) is 4.79. The summed E-state index contributed by atoms with van der Waals surface area (Å²) in [6, 6.07) is 5.98. The number of carbonyl (C=O) groups excluding carboxylic acids is 1. The zero-order chi connectivity index (χ0) is 20.9. The maximum absolute atomic E-state index is 12.8. The van der Waals surface area contributed by atoms with Crippen molar-refractivity contribution >= 4 is 11.6 Å². The lowest BCUT2D eigenvalue weighted by Crippen LogP contribution is -2.51. The molecular weight excluding hydrogens is 378 g/mol. The highest BCUT2D eigenvalue weighted by Gasteiger charge is 2.33. The number of piperidine rings is 1. The van der Waals surface area contributed by atoms with E-state index in [-0.39, 0.29) is 17.5 Å². The number of pyridine rings is 2. The molecule has 2 aliphatic rings. The Morgan fingerprint density at radius 3 is 2.80 bits per heavy atom. The first-order valence-electron chi connectivity index (χ1n) is 10.7. The predicted molar refractivity (Wildman–Crippen MR) is 118 cm³/mol. The van der Waals surface area contributed by atoms with Gasteiger partial charge in [0.1, 0.15) is 5.69 Å². The fourth-order valence-electron chi connectivity index (χ4n) is 4.10. The summed E-state index contributed by atoms with van der Waals surface area (Å²) >= 11 is 0. The number of aromatic nitrogens is 2. The number of amides is 1. The van der Waals surface area contributed by atoms with Crippen LogP contribution in [0.2, 0.25) is 0 Å². The topological polar surface area (TPSA) is 95.3 Å². The summed E-state index contributed by atoms with van der Waals surface area (Å²) in [5.41, 5.74) is 8.07. The van der Waals surface area contributed by atoms with Crippen LogP contribution in [0.15, 0.2) is 53.7 Å². The summed E-state index contributed by atoms with van der Waals surface area (Å²) in [5, 5.41) is 0. The highest BCUT2D eigenvalue weighted by atomic mass is 16.2. The summed E-state index contributed by atoms with van der Waals surface area (Å²) < 4.78 is 0. The molecule has 2 aromatic heterocycles. The highest BCUT2D eigenvalue weighted by molar-refractivity contribution is 5.87. The molecule has 1 saturated heterocycles. The van der Waals surface area contributed by atoms with Gasteiger partial charge in [-0.05, 0) is 55.4 Å². The number of nitrogens with one attached hydrogen (secondary N) is 1. The first kappa shape index (κ1) is 20.3. The Morgan fingerprint density at radius 1 is 1.27 bits per heavy atom. The number of nitrogens with zero attached hydrogens (tertiary/aromatic N) is 3. The molecule has 1 amide bonds. The van der Waals surface area contributed by atoms with Gasteiger partial charge in [0.15, 0.2) is 0 Å². The summed E-state index contributed by atoms with van der Waals surface area (Å²) in [6.45, 7) is 2.58. The standard InChI is InChI=1S/C23H29N5O2/c24-9-1-4-22(29)27-12-2-3-20(16-27)28(15-17-5-6-17)21-13-19(14-26-23(21)30)18-7-10-25-11-8-18/h1,4,7-8,10-11,13-14,17,20H,2-3,5-6,9,12,15-16,24H2,(H,26,30)/b4-1+/t20-/m1/s1. The molecule has 3 N–H and O–H groups in total. The molecular formula is C23H29N5O2. The molecule has 30 heavy (non-hydrogen) atoms. The average molecular weight is 408 g/mol. The van der Waals surface area contributed by atoms with Crippen molar-refractivity contribution in [2.75, 3.05) is 31.1 Å². The van der Waals surface area contributed by atoms with Gasteiger partial charge < -0.3 is 20.5 Å². The van der Waals surface area contributed by atoms with E-state index in [1.807, 2.05) is 23.1 Å². The van der Waals surface area contributed by atoms with Gasteiger partial charge in [0.05, 0.1) is 0 Å². The van der Waals surface area contributed by atoms with Crippen LogP contribution in [0, 0.1) is 5.92 Å². The van der Waals surface area contributed by atoms with Crippen molar-refractivity contribution in [1.82, 2.24) is 14.9 Å². The number of anilines is 1. The largest absolute Gasteiger partial charge is 0.362 e. The van der Waals surface area contributed by atoms with Crippen molar-refractivity contribution in [3.05, 3.63) is 59.3 Å². The van der Waals surface area contributed by atoms with Gasteiger partial charge in [-0.3, -0.25) is 14.6 Å². The fourth-order valence-corrected chi connectivity index (χ4v) is 4.10. The van der Waals surface area contributed by atoms with E-state index in [4.69, 9.17) is 5.73 Å². The third-order valence-corrected chi connectivity index (χ3v) is 5.90. The Kier molecular flexibility index (Phi) is 6.28.